The van der Waals surface area contributed by atoms with E-state index in [2.05, 4.69) is 6.92 Å². The fourth-order valence-electron chi connectivity index (χ4n) is 3.16. The Balaban J connectivity index is 2.08. The van der Waals surface area contributed by atoms with Gasteiger partial charge in [0.05, 0.1) is 11.8 Å². The van der Waals surface area contributed by atoms with Crippen LogP contribution >= 0.6 is 0 Å². The second-order valence-corrected chi connectivity index (χ2v) is 5.99. The summed E-state index contributed by atoms with van der Waals surface area (Å²) >= 11 is 0. The number of carbonyl (C=O) groups is 2. The minimum atomic E-state index is -0.835. The molecule has 0 aromatic heterocycles. The summed E-state index contributed by atoms with van der Waals surface area (Å²) in [4.78, 5) is 25.3. The number of carboxylic acids is 1. The summed E-state index contributed by atoms with van der Waals surface area (Å²) in [6, 6.07) is 0.266. The highest BCUT2D eigenvalue weighted by Gasteiger charge is 2.66. The van der Waals surface area contributed by atoms with Gasteiger partial charge in [-0.3, -0.25) is 9.59 Å². The maximum Gasteiger partial charge on any atom is 0.307 e. The third-order valence-corrected chi connectivity index (χ3v) is 4.45. The molecular formula is C13H21NO3. The van der Waals surface area contributed by atoms with Gasteiger partial charge >= 0.3 is 5.97 Å². The van der Waals surface area contributed by atoms with Crippen LogP contribution in [0.15, 0.2) is 0 Å². The Morgan fingerprint density at radius 1 is 1.24 bits per heavy atom. The molecule has 2 rings (SSSR count). The van der Waals surface area contributed by atoms with E-state index in [9.17, 15) is 9.59 Å². The van der Waals surface area contributed by atoms with Gasteiger partial charge in [0.15, 0.2) is 0 Å². The second-order valence-electron chi connectivity index (χ2n) is 5.99. The molecule has 2 fully saturated rings. The number of hydrogen-bond donors (Lipinski definition) is 1. The molecule has 1 saturated heterocycles. The molecule has 0 spiro atoms. The van der Waals surface area contributed by atoms with Gasteiger partial charge in [0.2, 0.25) is 5.91 Å². The molecule has 1 N–H and O–H groups in total. The lowest BCUT2D eigenvalue weighted by molar-refractivity contribution is -0.143. The van der Waals surface area contributed by atoms with Gasteiger partial charge in [-0.1, -0.05) is 13.8 Å². The Morgan fingerprint density at radius 2 is 1.88 bits per heavy atom. The molecule has 1 aliphatic carbocycles. The summed E-state index contributed by atoms with van der Waals surface area (Å²) in [6.07, 6.45) is 3.25. The topological polar surface area (TPSA) is 57.6 Å². The maximum atomic E-state index is 12.4. The lowest BCUT2D eigenvalue weighted by Gasteiger charge is -2.34. The van der Waals surface area contributed by atoms with Crippen molar-refractivity contribution >= 4 is 11.9 Å². The van der Waals surface area contributed by atoms with Crippen LogP contribution in [0.25, 0.3) is 0 Å². The molecule has 0 radical (unpaired) electrons. The van der Waals surface area contributed by atoms with Crippen molar-refractivity contribution in [2.75, 3.05) is 6.54 Å². The fourth-order valence-corrected chi connectivity index (χ4v) is 3.16. The number of likely N-dealkylation sites (tertiary alicyclic amines) is 1. The third-order valence-electron chi connectivity index (χ3n) is 4.45. The van der Waals surface area contributed by atoms with Crippen molar-refractivity contribution in [3.05, 3.63) is 0 Å². The van der Waals surface area contributed by atoms with Crippen molar-refractivity contribution in [2.45, 2.75) is 46.1 Å². The van der Waals surface area contributed by atoms with Crippen LogP contribution in [0.3, 0.4) is 0 Å². The first-order chi connectivity index (χ1) is 7.87. The third kappa shape index (κ3) is 1.94. The molecule has 2 aliphatic rings. The number of amides is 1. The van der Waals surface area contributed by atoms with Gasteiger partial charge in [0.25, 0.3) is 0 Å². The second kappa shape index (κ2) is 4.00. The molecule has 3 atom stereocenters. The summed E-state index contributed by atoms with van der Waals surface area (Å²) in [5, 5.41) is 9.10. The monoisotopic (exact) mass is 239 g/mol. The summed E-state index contributed by atoms with van der Waals surface area (Å²) in [6.45, 7) is 6.60. The van der Waals surface area contributed by atoms with Crippen LogP contribution < -0.4 is 0 Å². The lowest BCUT2D eigenvalue weighted by atomic mass is 10.0. The van der Waals surface area contributed by atoms with Gasteiger partial charge in [-0.25, -0.2) is 0 Å². The van der Waals surface area contributed by atoms with E-state index >= 15 is 0 Å². The molecule has 1 heterocycles. The zero-order valence-electron chi connectivity index (χ0n) is 10.8. The number of aliphatic carboxylic acids is 1. The quantitative estimate of drug-likeness (QED) is 0.798. The zero-order chi connectivity index (χ0) is 12.8. The molecule has 4 nitrogen and oxygen atoms in total. The highest BCUT2D eigenvalue weighted by molar-refractivity contribution is 5.91. The largest absolute Gasteiger partial charge is 0.481 e. The van der Waals surface area contributed by atoms with Gasteiger partial charge in [0.1, 0.15) is 0 Å². The minimum absolute atomic E-state index is 0.0506. The summed E-state index contributed by atoms with van der Waals surface area (Å²) in [5.74, 6) is -1.60. The van der Waals surface area contributed by atoms with Gasteiger partial charge in [-0.2, -0.15) is 0 Å². The number of carbonyl (C=O) groups excluding carboxylic acids is 1. The molecular weight excluding hydrogens is 218 g/mol. The van der Waals surface area contributed by atoms with Gasteiger partial charge in [0, 0.05) is 12.6 Å². The molecule has 96 valence electrons. The smallest absolute Gasteiger partial charge is 0.307 e. The number of carboxylic acid groups (broad SMARTS) is 1. The molecule has 0 bridgehead atoms. The Hall–Kier alpha value is -1.06. The van der Waals surface area contributed by atoms with Crippen LogP contribution in [0.4, 0.5) is 0 Å². The first kappa shape index (κ1) is 12.4. The highest BCUT2D eigenvalue weighted by Crippen LogP contribution is 2.59. The van der Waals surface area contributed by atoms with Crippen molar-refractivity contribution in [1.82, 2.24) is 4.90 Å². The number of hydrogen-bond acceptors (Lipinski definition) is 2. The lowest BCUT2D eigenvalue weighted by Crippen LogP contribution is -2.43. The van der Waals surface area contributed by atoms with Crippen LogP contribution in [-0.2, 0) is 9.59 Å². The normalized spacial score (nSPS) is 35.5. The molecule has 1 saturated carbocycles. The summed E-state index contributed by atoms with van der Waals surface area (Å²) in [5.41, 5.74) is -0.375. The molecule has 0 unspecified atom stereocenters. The average molecular weight is 239 g/mol. The maximum absolute atomic E-state index is 12.4. The minimum Gasteiger partial charge on any atom is -0.481 e. The predicted octanol–water partition coefficient (Wildman–Crippen LogP) is 1.74. The molecule has 1 aliphatic heterocycles. The molecule has 0 aromatic carbocycles. The van der Waals surface area contributed by atoms with E-state index in [4.69, 9.17) is 5.11 Å². The van der Waals surface area contributed by atoms with Crippen molar-refractivity contribution in [3.8, 4) is 0 Å². The first-order valence-electron chi connectivity index (χ1n) is 6.40. The van der Waals surface area contributed by atoms with E-state index in [-0.39, 0.29) is 23.3 Å². The van der Waals surface area contributed by atoms with Crippen LogP contribution in [0.2, 0.25) is 0 Å². The first-order valence-corrected chi connectivity index (χ1v) is 6.40. The van der Waals surface area contributed by atoms with Crippen molar-refractivity contribution in [2.24, 2.45) is 17.3 Å². The number of piperidine rings is 1. The van der Waals surface area contributed by atoms with Crippen molar-refractivity contribution in [3.63, 3.8) is 0 Å². The molecule has 1 amide bonds. The highest BCUT2D eigenvalue weighted by atomic mass is 16.4. The molecule has 17 heavy (non-hydrogen) atoms. The van der Waals surface area contributed by atoms with E-state index in [1.807, 2.05) is 18.7 Å². The number of nitrogens with zero attached hydrogens (tertiary/aromatic N) is 1. The average Bonchev–Trinajstić information content (AvgIpc) is 2.81. The van der Waals surface area contributed by atoms with Crippen molar-refractivity contribution < 1.29 is 14.7 Å². The van der Waals surface area contributed by atoms with E-state index in [0.717, 1.165) is 19.4 Å². The van der Waals surface area contributed by atoms with Crippen LogP contribution in [-0.4, -0.2) is 34.5 Å². The van der Waals surface area contributed by atoms with E-state index in [1.165, 1.54) is 6.42 Å². The van der Waals surface area contributed by atoms with Gasteiger partial charge < -0.3 is 10.0 Å². The zero-order valence-corrected chi connectivity index (χ0v) is 10.8. The van der Waals surface area contributed by atoms with Crippen molar-refractivity contribution in [1.29, 1.82) is 0 Å². The van der Waals surface area contributed by atoms with Crippen LogP contribution in [0.1, 0.15) is 40.0 Å². The molecule has 4 heteroatoms. The predicted molar refractivity (Wildman–Crippen MR) is 63.4 cm³/mol. The van der Waals surface area contributed by atoms with Gasteiger partial charge in [-0.05, 0) is 31.6 Å². The Labute approximate surface area is 102 Å². The summed E-state index contributed by atoms with van der Waals surface area (Å²) < 4.78 is 0. The Kier molecular flexibility index (Phi) is 2.92. The Morgan fingerprint density at radius 3 is 2.35 bits per heavy atom. The Bertz CT molecular complexity index is 351. The van der Waals surface area contributed by atoms with Crippen LogP contribution in [0.5, 0.6) is 0 Å². The SMILES string of the molecule is C[C@H]1CCCCN1C(=O)[C@H]1[C@@H](C(=O)O)C1(C)C. The fraction of sp³-hybridized carbons (Fsp3) is 0.846. The summed E-state index contributed by atoms with van der Waals surface area (Å²) in [7, 11) is 0. The van der Waals surface area contributed by atoms with Gasteiger partial charge in [-0.15, -0.1) is 0 Å². The standard InChI is InChI=1S/C13H21NO3/c1-8-6-4-5-7-14(8)11(15)9-10(12(16)17)13(9,2)3/h8-10H,4-7H2,1-3H3,(H,16,17)/t8-,9+,10-/m0/s1. The van der Waals surface area contributed by atoms with Crippen LogP contribution in [0, 0.1) is 17.3 Å². The van der Waals surface area contributed by atoms with E-state index < -0.39 is 11.9 Å². The number of rotatable bonds is 2. The van der Waals surface area contributed by atoms with E-state index in [1.54, 1.807) is 0 Å². The molecule has 0 aromatic rings. The van der Waals surface area contributed by atoms with E-state index in [0.29, 0.717) is 0 Å².